The van der Waals surface area contributed by atoms with Crippen LogP contribution in [0.4, 0.5) is 5.69 Å². The molecule has 0 aliphatic heterocycles. The molecule has 1 N–H and O–H groups in total. The Labute approximate surface area is 98.0 Å². The minimum absolute atomic E-state index is 0.00201. The molecule has 6 heteroatoms. The standard InChI is InChI=1S/C11H13NO5/c1-6-5-10(17-8(3)11(13)14)7(2)4-9(6)12(15)16/h4-5,8H,1-3H3,(H,13,14). The number of carboxylic acid groups (broad SMARTS) is 1. The van der Waals surface area contributed by atoms with Crippen molar-refractivity contribution >= 4 is 11.7 Å². The zero-order chi connectivity index (χ0) is 13.2. The van der Waals surface area contributed by atoms with Crippen molar-refractivity contribution in [3.8, 4) is 5.75 Å². The zero-order valence-corrected chi connectivity index (χ0v) is 9.76. The first-order chi connectivity index (χ1) is 7.82. The Morgan fingerprint density at radius 2 is 2.00 bits per heavy atom. The Bertz CT molecular complexity index is 469. The lowest BCUT2D eigenvalue weighted by molar-refractivity contribution is -0.385. The normalized spacial score (nSPS) is 11.9. The molecule has 0 saturated heterocycles. The first-order valence-electron chi connectivity index (χ1n) is 4.98. The number of nitro groups is 1. The van der Waals surface area contributed by atoms with Crippen LogP contribution in [0.3, 0.4) is 0 Å². The van der Waals surface area contributed by atoms with Crippen LogP contribution < -0.4 is 4.74 Å². The largest absolute Gasteiger partial charge is 0.479 e. The Morgan fingerprint density at radius 3 is 2.47 bits per heavy atom. The molecule has 1 rings (SSSR count). The number of aryl methyl sites for hydroxylation is 2. The molecular formula is C11H13NO5. The van der Waals surface area contributed by atoms with E-state index in [4.69, 9.17) is 9.84 Å². The van der Waals surface area contributed by atoms with Crippen molar-refractivity contribution in [2.75, 3.05) is 0 Å². The van der Waals surface area contributed by atoms with Gasteiger partial charge in [0, 0.05) is 11.6 Å². The van der Waals surface area contributed by atoms with Crippen molar-refractivity contribution in [2.45, 2.75) is 26.9 Å². The molecule has 1 aromatic carbocycles. The maximum Gasteiger partial charge on any atom is 0.344 e. The number of nitrogens with zero attached hydrogens (tertiary/aromatic N) is 1. The second-order valence-electron chi connectivity index (χ2n) is 3.76. The van der Waals surface area contributed by atoms with Gasteiger partial charge in [0.2, 0.25) is 0 Å². The Morgan fingerprint density at radius 1 is 1.41 bits per heavy atom. The van der Waals surface area contributed by atoms with Gasteiger partial charge >= 0.3 is 5.97 Å². The smallest absolute Gasteiger partial charge is 0.344 e. The molecule has 92 valence electrons. The van der Waals surface area contributed by atoms with Crippen LogP contribution in [0.15, 0.2) is 12.1 Å². The van der Waals surface area contributed by atoms with Crippen LogP contribution >= 0.6 is 0 Å². The highest BCUT2D eigenvalue weighted by Gasteiger charge is 2.18. The van der Waals surface area contributed by atoms with Crippen LogP contribution in [-0.4, -0.2) is 22.1 Å². The minimum atomic E-state index is -1.08. The summed E-state index contributed by atoms with van der Waals surface area (Å²) in [6.07, 6.45) is -0.991. The number of carboxylic acids is 1. The summed E-state index contributed by atoms with van der Waals surface area (Å²) in [5.74, 6) is -0.733. The van der Waals surface area contributed by atoms with Crippen LogP contribution in [0.2, 0.25) is 0 Å². The van der Waals surface area contributed by atoms with Gasteiger partial charge in [-0.15, -0.1) is 0 Å². The van der Waals surface area contributed by atoms with E-state index < -0.39 is 17.0 Å². The lowest BCUT2D eigenvalue weighted by atomic mass is 10.1. The highest BCUT2D eigenvalue weighted by atomic mass is 16.6. The number of nitro benzene ring substituents is 1. The Hall–Kier alpha value is -2.11. The Balaban J connectivity index is 3.08. The maximum absolute atomic E-state index is 10.7. The second-order valence-corrected chi connectivity index (χ2v) is 3.76. The number of hydrogen-bond acceptors (Lipinski definition) is 4. The number of aliphatic carboxylic acids is 1. The number of hydrogen-bond donors (Lipinski definition) is 1. The molecular weight excluding hydrogens is 226 g/mol. The topological polar surface area (TPSA) is 89.7 Å². The van der Waals surface area contributed by atoms with Crippen molar-refractivity contribution in [1.29, 1.82) is 0 Å². The van der Waals surface area contributed by atoms with Crippen LogP contribution in [-0.2, 0) is 4.79 Å². The highest BCUT2D eigenvalue weighted by Crippen LogP contribution is 2.28. The molecule has 0 aliphatic rings. The van der Waals surface area contributed by atoms with Gasteiger partial charge in [0.15, 0.2) is 6.10 Å². The number of rotatable bonds is 4. The molecule has 17 heavy (non-hydrogen) atoms. The molecule has 0 radical (unpaired) electrons. The summed E-state index contributed by atoms with van der Waals surface area (Å²) in [7, 11) is 0. The zero-order valence-electron chi connectivity index (χ0n) is 9.76. The molecule has 0 aromatic heterocycles. The summed E-state index contributed by atoms with van der Waals surface area (Å²) in [6, 6.07) is 2.85. The third kappa shape index (κ3) is 2.93. The molecule has 0 bridgehead atoms. The fourth-order valence-electron chi connectivity index (χ4n) is 1.34. The molecule has 0 aliphatic carbocycles. The Kier molecular flexibility index (Phi) is 3.67. The fourth-order valence-corrected chi connectivity index (χ4v) is 1.34. The van der Waals surface area contributed by atoms with Gasteiger partial charge in [-0.05, 0) is 32.4 Å². The van der Waals surface area contributed by atoms with Gasteiger partial charge in [0.1, 0.15) is 5.75 Å². The van der Waals surface area contributed by atoms with Crippen molar-refractivity contribution in [3.63, 3.8) is 0 Å². The summed E-state index contributed by atoms with van der Waals surface area (Å²) >= 11 is 0. The predicted octanol–water partition coefficient (Wildman–Crippen LogP) is 2.06. The van der Waals surface area contributed by atoms with Crippen molar-refractivity contribution < 1.29 is 19.6 Å². The maximum atomic E-state index is 10.7. The number of benzene rings is 1. The lowest BCUT2D eigenvalue weighted by Crippen LogP contribution is -2.23. The third-order valence-electron chi connectivity index (χ3n) is 2.34. The van der Waals surface area contributed by atoms with Gasteiger partial charge in [-0.3, -0.25) is 10.1 Å². The third-order valence-corrected chi connectivity index (χ3v) is 2.34. The average Bonchev–Trinajstić information content (AvgIpc) is 2.22. The predicted molar refractivity (Wildman–Crippen MR) is 60.3 cm³/mol. The second kappa shape index (κ2) is 4.82. The van der Waals surface area contributed by atoms with Crippen molar-refractivity contribution in [2.24, 2.45) is 0 Å². The van der Waals surface area contributed by atoms with E-state index in [0.29, 0.717) is 16.9 Å². The number of carbonyl (C=O) groups is 1. The van der Waals surface area contributed by atoms with Gasteiger partial charge in [-0.1, -0.05) is 0 Å². The SMILES string of the molecule is Cc1cc([N+](=O)[O-])c(C)cc1OC(C)C(=O)O. The van der Waals surface area contributed by atoms with Crippen molar-refractivity contribution in [1.82, 2.24) is 0 Å². The van der Waals surface area contributed by atoms with Crippen LogP contribution in [0.25, 0.3) is 0 Å². The fraction of sp³-hybridized carbons (Fsp3) is 0.364. The summed E-state index contributed by atoms with van der Waals surface area (Å²) in [5, 5.41) is 19.4. The van der Waals surface area contributed by atoms with Gasteiger partial charge < -0.3 is 9.84 Å². The van der Waals surface area contributed by atoms with E-state index in [-0.39, 0.29) is 5.69 Å². The molecule has 1 atom stereocenters. The summed E-state index contributed by atoms with van der Waals surface area (Å²) in [5.41, 5.74) is 0.974. The molecule has 1 unspecified atom stereocenters. The van der Waals surface area contributed by atoms with E-state index in [1.165, 1.54) is 19.1 Å². The molecule has 0 fully saturated rings. The van der Waals surface area contributed by atoms with Crippen LogP contribution in [0.1, 0.15) is 18.1 Å². The van der Waals surface area contributed by atoms with E-state index in [1.807, 2.05) is 0 Å². The molecule has 1 aromatic rings. The van der Waals surface area contributed by atoms with Gasteiger partial charge in [0.25, 0.3) is 5.69 Å². The van der Waals surface area contributed by atoms with Gasteiger partial charge in [-0.2, -0.15) is 0 Å². The molecule has 0 saturated carbocycles. The molecule has 0 spiro atoms. The quantitative estimate of drug-likeness (QED) is 0.641. The summed E-state index contributed by atoms with van der Waals surface area (Å²) < 4.78 is 5.20. The molecule has 0 heterocycles. The van der Waals surface area contributed by atoms with Gasteiger partial charge in [-0.25, -0.2) is 4.79 Å². The van der Waals surface area contributed by atoms with E-state index in [2.05, 4.69) is 0 Å². The molecule has 0 amide bonds. The summed E-state index contributed by atoms with van der Waals surface area (Å²) in [4.78, 5) is 20.8. The lowest BCUT2D eigenvalue weighted by Gasteiger charge is -2.13. The minimum Gasteiger partial charge on any atom is -0.479 e. The van der Waals surface area contributed by atoms with Crippen LogP contribution in [0, 0.1) is 24.0 Å². The number of ether oxygens (including phenoxy) is 1. The first kappa shape index (κ1) is 13.0. The van der Waals surface area contributed by atoms with E-state index >= 15 is 0 Å². The van der Waals surface area contributed by atoms with E-state index in [0.717, 1.165) is 0 Å². The van der Waals surface area contributed by atoms with Gasteiger partial charge in [0.05, 0.1) is 4.92 Å². The first-order valence-corrected chi connectivity index (χ1v) is 4.98. The highest BCUT2D eigenvalue weighted by molar-refractivity contribution is 5.72. The van der Waals surface area contributed by atoms with E-state index in [1.54, 1.807) is 13.8 Å². The van der Waals surface area contributed by atoms with Crippen LogP contribution in [0.5, 0.6) is 5.75 Å². The average molecular weight is 239 g/mol. The van der Waals surface area contributed by atoms with E-state index in [9.17, 15) is 14.9 Å². The summed E-state index contributed by atoms with van der Waals surface area (Å²) in [6.45, 7) is 4.62. The molecule has 6 nitrogen and oxygen atoms in total. The van der Waals surface area contributed by atoms with Crippen molar-refractivity contribution in [3.05, 3.63) is 33.4 Å². The monoisotopic (exact) mass is 239 g/mol.